The Morgan fingerprint density at radius 2 is 1.78 bits per heavy atom. The van der Waals surface area contributed by atoms with Gasteiger partial charge in [0, 0.05) is 36.6 Å². The van der Waals surface area contributed by atoms with Gasteiger partial charge in [0.2, 0.25) is 0 Å². The summed E-state index contributed by atoms with van der Waals surface area (Å²) in [6, 6.07) is 14.4. The van der Waals surface area contributed by atoms with E-state index in [1.807, 2.05) is 34.2 Å². The molecule has 0 unspecified atom stereocenters. The van der Waals surface area contributed by atoms with E-state index in [4.69, 9.17) is 4.74 Å². The molecular weight excluding hydrogens is 407 g/mol. The highest BCUT2D eigenvalue weighted by molar-refractivity contribution is 5.75. The predicted molar refractivity (Wildman–Crippen MR) is 121 cm³/mol. The zero-order chi connectivity index (χ0) is 21.9. The number of halogens is 1. The number of nitrogens with one attached hydrogen (secondary N) is 1. The summed E-state index contributed by atoms with van der Waals surface area (Å²) in [6.45, 7) is 2.48. The third-order valence-corrected chi connectivity index (χ3v) is 6.40. The molecule has 7 heteroatoms. The molecule has 1 fully saturated rings. The lowest BCUT2D eigenvalue weighted by atomic mass is 9.98. The number of amides is 2. The van der Waals surface area contributed by atoms with E-state index in [2.05, 4.69) is 34.2 Å². The van der Waals surface area contributed by atoms with Crippen molar-refractivity contribution in [2.45, 2.75) is 19.4 Å². The summed E-state index contributed by atoms with van der Waals surface area (Å²) in [7, 11) is 0. The molecule has 3 heterocycles. The van der Waals surface area contributed by atoms with Gasteiger partial charge in [-0.2, -0.15) is 0 Å². The van der Waals surface area contributed by atoms with Crippen LogP contribution in [0, 0.1) is 5.92 Å². The second-order valence-corrected chi connectivity index (χ2v) is 8.47. The Kier molecular flexibility index (Phi) is 5.79. The molecule has 6 nitrogen and oxygen atoms in total. The van der Waals surface area contributed by atoms with Crippen molar-refractivity contribution in [1.82, 2.24) is 19.8 Å². The largest absolute Gasteiger partial charge is 0.491 e. The zero-order valence-corrected chi connectivity index (χ0v) is 18.0. The van der Waals surface area contributed by atoms with E-state index in [1.165, 1.54) is 0 Å². The Labute approximate surface area is 187 Å². The van der Waals surface area contributed by atoms with Crippen LogP contribution in [0.1, 0.15) is 18.4 Å². The minimum Gasteiger partial charge on any atom is -0.491 e. The second kappa shape index (κ2) is 9.02. The molecule has 2 aromatic carbocycles. The summed E-state index contributed by atoms with van der Waals surface area (Å²) in [5.41, 5.74) is 4.21. The molecule has 0 bridgehead atoms. The number of carbonyl (C=O) groups is 1. The number of carbonyl (C=O) groups excluding carboxylic acids is 1. The maximum absolute atomic E-state index is 13.1. The Bertz CT molecular complexity index is 1060. The van der Waals surface area contributed by atoms with Crippen molar-refractivity contribution in [3.8, 4) is 28.3 Å². The van der Waals surface area contributed by atoms with Gasteiger partial charge in [-0.15, -0.1) is 0 Å². The van der Waals surface area contributed by atoms with Crippen molar-refractivity contribution in [3.63, 3.8) is 0 Å². The van der Waals surface area contributed by atoms with E-state index >= 15 is 0 Å². The molecule has 1 saturated heterocycles. The van der Waals surface area contributed by atoms with Crippen molar-refractivity contribution in [3.05, 3.63) is 60.4 Å². The number of rotatable bonds is 3. The average Bonchev–Trinajstić information content (AvgIpc) is 3.30. The third kappa shape index (κ3) is 4.20. The number of aromatic nitrogens is 2. The normalized spacial score (nSPS) is 16.9. The lowest BCUT2D eigenvalue weighted by molar-refractivity contribution is 0.122. The molecule has 3 aromatic rings. The van der Waals surface area contributed by atoms with Gasteiger partial charge < -0.3 is 19.5 Å². The van der Waals surface area contributed by atoms with Crippen LogP contribution in [0.3, 0.4) is 0 Å². The van der Waals surface area contributed by atoms with E-state index in [9.17, 15) is 9.18 Å². The first-order chi connectivity index (χ1) is 15.7. The van der Waals surface area contributed by atoms with E-state index in [1.54, 1.807) is 6.20 Å². The van der Waals surface area contributed by atoms with E-state index in [0.29, 0.717) is 32.8 Å². The number of imidazole rings is 1. The quantitative estimate of drug-likeness (QED) is 0.648. The topological polar surface area (TPSA) is 61.5 Å². The van der Waals surface area contributed by atoms with E-state index in [-0.39, 0.29) is 18.6 Å². The molecule has 0 atom stereocenters. The molecule has 0 radical (unpaired) electrons. The van der Waals surface area contributed by atoms with Gasteiger partial charge in [0.25, 0.3) is 0 Å². The van der Waals surface area contributed by atoms with Crippen LogP contribution in [0.5, 0.6) is 5.75 Å². The van der Waals surface area contributed by atoms with Crippen LogP contribution in [0.25, 0.3) is 22.5 Å². The van der Waals surface area contributed by atoms with Gasteiger partial charge in [0.1, 0.15) is 18.2 Å². The standard InChI is InChI=1S/C25H27FN4O2/c26-16-18-7-11-29(12-8-18)25(31)30-13-14-32-23-6-5-21(15-22(23)17-30)19-1-3-20(4-2-19)24-27-9-10-28-24/h1-6,9-10,15,18H,7-8,11-14,16-17H2,(H,27,28). The Balaban J connectivity index is 1.33. The fourth-order valence-corrected chi connectivity index (χ4v) is 4.46. The summed E-state index contributed by atoms with van der Waals surface area (Å²) in [5, 5.41) is 0. The lowest BCUT2D eigenvalue weighted by Gasteiger charge is -2.34. The van der Waals surface area contributed by atoms with Crippen LogP contribution in [0.4, 0.5) is 9.18 Å². The fourth-order valence-electron chi connectivity index (χ4n) is 4.46. The van der Waals surface area contributed by atoms with E-state index < -0.39 is 0 Å². The van der Waals surface area contributed by atoms with Gasteiger partial charge in [0.05, 0.1) is 19.8 Å². The minimum absolute atomic E-state index is 0.0203. The zero-order valence-electron chi connectivity index (χ0n) is 18.0. The number of urea groups is 1. The number of aromatic amines is 1. The first kappa shape index (κ1) is 20.5. The van der Waals surface area contributed by atoms with Crippen LogP contribution in [0.2, 0.25) is 0 Å². The maximum atomic E-state index is 13.1. The number of alkyl halides is 1. The van der Waals surface area contributed by atoms with Crippen LogP contribution in [0.15, 0.2) is 54.9 Å². The molecule has 0 spiro atoms. The Morgan fingerprint density at radius 1 is 1.03 bits per heavy atom. The molecular formula is C25H27FN4O2. The maximum Gasteiger partial charge on any atom is 0.320 e. The van der Waals surface area contributed by atoms with Crippen LogP contribution in [-0.4, -0.2) is 58.7 Å². The van der Waals surface area contributed by atoms with Crippen molar-refractivity contribution < 1.29 is 13.9 Å². The summed E-state index contributed by atoms with van der Waals surface area (Å²) < 4.78 is 18.9. The number of H-pyrrole nitrogens is 1. The van der Waals surface area contributed by atoms with Gasteiger partial charge in [-0.1, -0.05) is 30.3 Å². The van der Waals surface area contributed by atoms with Crippen molar-refractivity contribution >= 4 is 6.03 Å². The van der Waals surface area contributed by atoms with Crippen molar-refractivity contribution in [2.24, 2.45) is 5.92 Å². The molecule has 2 aliphatic heterocycles. The highest BCUT2D eigenvalue weighted by Gasteiger charge is 2.28. The molecule has 32 heavy (non-hydrogen) atoms. The number of likely N-dealkylation sites (tertiary alicyclic amines) is 1. The minimum atomic E-state index is -0.293. The number of benzene rings is 2. The smallest absolute Gasteiger partial charge is 0.320 e. The lowest BCUT2D eigenvalue weighted by Crippen LogP contribution is -2.47. The summed E-state index contributed by atoms with van der Waals surface area (Å²) >= 11 is 0. The first-order valence-electron chi connectivity index (χ1n) is 11.2. The molecule has 0 aliphatic carbocycles. The number of hydrogen-bond donors (Lipinski definition) is 1. The highest BCUT2D eigenvalue weighted by Crippen LogP contribution is 2.31. The summed E-state index contributed by atoms with van der Waals surface area (Å²) in [4.78, 5) is 24.2. The van der Waals surface area contributed by atoms with Crippen molar-refractivity contribution in [2.75, 3.05) is 32.9 Å². The van der Waals surface area contributed by atoms with Crippen LogP contribution < -0.4 is 4.74 Å². The molecule has 166 valence electrons. The SMILES string of the molecule is O=C(N1CCC(CF)CC1)N1CCOc2ccc(-c3ccc(-c4ncc[nH]4)cc3)cc2C1. The van der Waals surface area contributed by atoms with Crippen LogP contribution >= 0.6 is 0 Å². The van der Waals surface area contributed by atoms with Crippen LogP contribution in [-0.2, 0) is 6.54 Å². The Morgan fingerprint density at radius 3 is 2.50 bits per heavy atom. The average molecular weight is 435 g/mol. The molecule has 1 aromatic heterocycles. The summed E-state index contributed by atoms with van der Waals surface area (Å²) in [6.07, 6.45) is 5.03. The number of fused-ring (bicyclic) bond motifs is 1. The second-order valence-electron chi connectivity index (χ2n) is 8.47. The highest BCUT2D eigenvalue weighted by atomic mass is 19.1. The molecule has 2 aliphatic rings. The molecule has 5 rings (SSSR count). The third-order valence-electron chi connectivity index (χ3n) is 6.40. The summed E-state index contributed by atoms with van der Waals surface area (Å²) in [5.74, 6) is 1.76. The van der Waals surface area contributed by atoms with Gasteiger partial charge >= 0.3 is 6.03 Å². The van der Waals surface area contributed by atoms with Gasteiger partial charge in [0.15, 0.2) is 0 Å². The first-order valence-corrected chi connectivity index (χ1v) is 11.2. The number of ether oxygens (including phenoxy) is 1. The number of nitrogens with zero attached hydrogens (tertiary/aromatic N) is 3. The molecule has 1 N–H and O–H groups in total. The van der Waals surface area contributed by atoms with Gasteiger partial charge in [-0.3, -0.25) is 4.39 Å². The Hall–Kier alpha value is -3.35. The predicted octanol–water partition coefficient (Wildman–Crippen LogP) is 4.74. The number of hydrogen-bond acceptors (Lipinski definition) is 3. The fraction of sp³-hybridized carbons (Fsp3) is 0.360. The van der Waals surface area contributed by atoms with Gasteiger partial charge in [-0.25, -0.2) is 9.78 Å². The monoisotopic (exact) mass is 434 g/mol. The molecule has 2 amide bonds. The number of piperidine rings is 1. The van der Waals surface area contributed by atoms with Gasteiger partial charge in [-0.05, 0) is 42.0 Å². The van der Waals surface area contributed by atoms with E-state index in [0.717, 1.165) is 46.7 Å². The molecule has 0 saturated carbocycles. The van der Waals surface area contributed by atoms with Crippen molar-refractivity contribution in [1.29, 1.82) is 0 Å².